The fraction of sp³-hybridized carbons (Fsp3) is 0.435. The number of nitrogens with zero attached hydrogens (tertiary/aromatic N) is 2. The molecule has 174 valence electrons. The molecule has 9 heteroatoms. The first-order chi connectivity index (χ1) is 15.3. The first-order valence-corrected chi connectivity index (χ1v) is 12.4. The third-order valence-electron chi connectivity index (χ3n) is 5.61. The summed E-state index contributed by atoms with van der Waals surface area (Å²) in [5.41, 5.74) is 1.06. The minimum atomic E-state index is -3.78. The molecule has 32 heavy (non-hydrogen) atoms. The van der Waals surface area contributed by atoms with E-state index in [-0.39, 0.29) is 27.9 Å². The van der Waals surface area contributed by atoms with Crippen LogP contribution in [0.25, 0.3) is 0 Å². The molecule has 1 fully saturated rings. The van der Waals surface area contributed by atoms with Crippen LogP contribution in [0.1, 0.15) is 41.6 Å². The molecule has 0 spiro atoms. The van der Waals surface area contributed by atoms with E-state index < -0.39 is 10.0 Å². The van der Waals surface area contributed by atoms with E-state index in [4.69, 9.17) is 21.1 Å². The van der Waals surface area contributed by atoms with Gasteiger partial charge in [0.15, 0.2) is 0 Å². The normalized spacial score (nSPS) is 15.1. The van der Waals surface area contributed by atoms with E-state index in [1.165, 1.54) is 21.3 Å². The van der Waals surface area contributed by atoms with Gasteiger partial charge >= 0.3 is 0 Å². The van der Waals surface area contributed by atoms with Gasteiger partial charge in [-0.05, 0) is 43.2 Å². The lowest BCUT2D eigenvalue weighted by Gasteiger charge is -2.22. The molecule has 3 rings (SSSR count). The smallest absolute Gasteiger partial charge is 0.253 e. The Morgan fingerprint density at radius 1 is 1.03 bits per heavy atom. The highest BCUT2D eigenvalue weighted by Crippen LogP contribution is 2.29. The van der Waals surface area contributed by atoms with Gasteiger partial charge in [0.2, 0.25) is 10.0 Å². The number of rotatable bonds is 7. The predicted molar refractivity (Wildman–Crippen MR) is 124 cm³/mol. The number of carbonyl (C=O) groups excluding carboxylic acids is 1. The number of ether oxygens (including phenoxy) is 2. The quantitative estimate of drug-likeness (QED) is 0.593. The van der Waals surface area contributed by atoms with Crippen molar-refractivity contribution in [1.29, 1.82) is 0 Å². The van der Waals surface area contributed by atoms with Crippen molar-refractivity contribution >= 4 is 27.5 Å². The first-order valence-electron chi connectivity index (χ1n) is 10.5. The lowest BCUT2D eigenvalue weighted by Crippen LogP contribution is -2.32. The summed E-state index contributed by atoms with van der Waals surface area (Å²) in [5.74, 6) is 0.942. The van der Waals surface area contributed by atoms with E-state index in [1.807, 2.05) is 6.07 Å². The molecule has 0 aliphatic carbocycles. The highest BCUT2D eigenvalue weighted by molar-refractivity contribution is 7.89. The SMILES string of the molecule is COc1ccc(CN(C)C(=O)c2ccc(Cl)c(S(=O)(=O)N3CCCCCC3)c2)c(OC)c1. The van der Waals surface area contributed by atoms with Crippen molar-refractivity contribution in [2.75, 3.05) is 34.4 Å². The van der Waals surface area contributed by atoms with Crippen LogP contribution in [0.2, 0.25) is 5.02 Å². The Morgan fingerprint density at radius 2 is 1.72 bits per heavy atom. The molecule has 1 saturated heterocycles. The van der Waals surface area contributed by atoms with Crippen molar-refractivity contribution < 1.29 is 22.7 Å². The lowest BCUT2D eigenvalue weighted by atomic mass is 10.1. The van der Waals surface area contributed by atoms with Gasteiger partial charge in [-0.1, -0.05) is 24.4 Å². The standard InChI is InChI=1S/C23H29ClN2O5S/c1-25(16-18-8-10-19(30-2)15-21(18)31-3)23(27)17-9-11-20(24)22(14-17)32(28,29)26-12-6-4-5-7-13-26/h8-11,14-15H,4-7,12-13,16H2,1-3H3. The predicted octanol–water partition coefficient (Wildman–Crippen LogP) is 4.19. The molecule has 0 saturated carbocycles. The van der Waals surface area contributed by atoms with Crippen LogP contribution in [-0.2, 0) is 16.6 Å². The second-order valence-corrected chi connectivity index (χ2v) is 10.1. The molecule has 7 nitrogen and oxygen atoms in total. The number of hydrogen-bond donors (Lipinski definition) is 0. The van der Waals surface area contributed by atoms with Crippen LogP contribution in [0.15, 0.2) is 41.3 Å². The molecule has 2 aromatic carbocycles. The van der Waals surface area contributed by atoms with Crippen LogP contribution < -0.4 is 9.47 Å². The maximum atomic E-state index is 13.2. The molecular formula is C23H29ClN2O5S. The van der Waals surface area contributed by atoms with E-state index in [0.29, 0.717) is 24.6 Å². The molecule has 1 aliphatic heterocycles. The van der Waals surface area contributed by atoms with E-state index in [2.05, 4.69) is 0 Å². The maximum absolute atomic E-state index is 13.2. The molecule has 1 aliphatic rings. The van der Waals surface area contributed by atoms with Crippen molar-refractivity contribution in [3.8, 4) is 11.5 Å². The van der Waals surface area contributed by atoms with Crippen LogP contribution in [-0.4, -0.2) is 57.9 Å². The van der Waals surface area contributed by atoms with Gasteiger partial charge in [0.05, 0.1) is 19.2 Å². The summed E-state index contributed by atoms with van der Waals surface area (Å²) in [7, 11) is 1.00. The van der Waals surface area contributed by atoms with Gasteiger partial charge < -0.3 is 14.4 Å². The second kappa shape index (κ2) is 10.6. The van der Waals surface area contributed by atoms with E-state index in [9.17, 15) is 13.2 Å². The molecule has 0 aromatic heterocycles. The Bertz CT molecular complexity index is 1070. The Balaban J connectivity index is 1.84. The summed E-state index contributed by atoms with van der Waals surface area (Å²) in [5, 5.41) is 0.116. The maximum Gasteiger partial charge on any atom is 0.253 e. The van der Waals surface area contributed by atoms with Crippen LogP contribution in [0, 0.1) is 0 Å². The molecule has 0 N–H and O–H groups in total. The average Bonchev–Trinajstić information content (AvgIpc) is 3.09. The average molecular weight is 481 g/mol. The topological polar surface area (TPSA) is 76.2 Å². The third kappa shape index (κ3) is 5.36. The second-order valence-electron chi connectivity index (χ2n) is 7.80. The van der Waals surface area contributed by atoms with E-state index in [0.717, 1.165) is 31.2 Å². The molecule has 0 bridgehead atoms. The molecule has 0 unspecified atom stereocenters. The number of carbonyl (C=O) groups is 1. The monoisotopic (exact) mass is 480 g/mol. The number of halogens is 1. The largest absolute Gasteiger partial charge is 0.497 e. The molecule has 1 amide bonds. The van der Waals surface area contributed by atoms with E-state index in [1.54, 1.807) is 39.5 Å². The number of benzene rings is 2. The van der Waals surface area contributed by atoms with Crippen molar-refractivity contribution in [1.82, 2.24) is 9.21 Å². The van der Waals surface area contributed by atoms with E-state index >= 15 is 0 Å². The lowest BCUT2D eigenvalue weighted by molar-refractivity contribution is 0.0784. The van der Waals surface area contributed by atoms with Crippen LogP contribution in [0.5, 0.6) is 11.5 Å². The number of methoxy groups -OCH3 is 2. The number of hydrogen-bond acceptors (Lipinski definition) is 5. The molecule has 2 aromatic rings. The van der Waals surface area contributed by atoms with Gasteiger partial charge in [-0.15, -0.1) is 0 Å². The van der Waals surface area contributed by atoms with Gasteiger partial charge in [0, 0.05) is 43.9 Å². The van der Waals surface area contributed by atoms with Crippen LogP contribution in [0.4, 0.5) is 0 Å². The summed E-state index contributed by atoms with van der Waals surface area (Å²) in [6, 6.07) is 9.78. The van der Waals surface area contributed by atoms with Crippen molar-refractivity contribution in [3.63, 3.8) is 0 Å². The molecular weight excluding hydrogens is 452 g/mol. The van der Waals surface area contributed by atoms with Crippen molar-refractivity contribution in [2.24, 2.45) is 0 Å². The fourth-order valence-electron chi connectivity index (χ4n) is 3.79. The Labute approximate surface area is 194 Å². The summed E-state index contributed by atoms with van der Waals surface area (Å²) < 4.78 is 38.6. The first kappa shape index (κ1) is 24.4. The van der Waals surface area contributed by atoms with Crippen LogP contribution >= 0.6 is 11.6 Å². The number of amides is 1. The van der Waals surface area contributed by atoms with Gasteiger partial charge in [-0.25, -0.2) is 8.42 Å². The Morgan fingerprint density at radius 3 is 2.34 bits per heavy atom. The van der Waals surface area contributed by atoms with Gasteiger partial charge in [0.25, 0.3) is 5.91 Å². The zero-order valence-corrected chi connectivity index (χ0v) is 20.2. The summed E-state index contributed by atoms with van der Waals surface area (Å²) in [6.45, 7) is 1.21. The van der Waals surface area contributed by atoms with Gasteiger partial charge in [-0.3, -0.25) is 4.79 Å². The fourth-order valence-corrected chi connectivity index (χ4v) is 5.80. The minimum Gasteiger partial charge on any atom is -0.497 e. The third-order valence-corrected chi connectivity index (χ3v) is 7.99. The van der Waals surface area contributed by atoms with Crippen LogP contribution in [0.3, 0.4) is 0 Å². The van der Waals surface area contributed by atoms with Gasteiger partial charge in [-0.2, -0.15) is 4.31 Å². The minimum absolute atomic E-state index is 0.0256. The summed E-state index contributed by atoms with van der Waals surface area (Å²) in [6.07, 6.45) is 3.67. The Hall–Kier alpha value is -2.29. The summed E-state index contributed by atoms with van der Waals surface area (Å²) in [4.78, 5) is 14.6. The highest BCUT2D eigenvalue weighted by atomic mass is 35.5. The Kier molecular flexibility index (Phi) is 8.03. The summed E-state index contributed by atoms with van der Waals surface area (Å²) >= 11 is 6.26. The van der Waals surface area contributed by atoms with Crippen molar-refractivity contribution in [2.45, 2.75) is 37.1 Å². The zero-order valence-electron chi connectivity index (χ0n) is 18.6. The molecule has 0 radical (unpaired) electrons. The molecule has 0 atom stereocenters. The zero-order chi connectivity index (χ0) is 23.3. The number of sulfonamides is 1. The van der Waals surface area contributed by atoms with Crippen molar-refractivity contribution in [3.05, 3.63) is 52.5 Å². The van der Waals surface area contributed by atoms with Gasteiger partial charge in [0.1, 0.15) is 16.4 Å². The molecule has 1 heterocycles. The highest BCUT2D eigenvalue weighted by Gasteiger charge is 2.28.